The lowest BCUT2D eigenvalue weighted by Gasteiger charge is -2.34. The third-order valence-electron chi connectivity index (χ3n) is 5.67. The molecule has 0 saturated carbocycles. The van der Waals surface area contributed by atoms with Gasteiger partial charge in [0.05, 0.1) is 4.88 Å². The van der Waals surface area contributed by atoms with E-state index >= 15 is 0 Å². The lowest BCUT2D eigenvalue weighted by Crippen LogP contribution is -2.45. The summed E-state index contributed by atoms with van der Waals surface area (Å²) in [6.07, 6.45) is 2.12. The summed E-state index contributed by atoms with van der Waals surface area (Å²) >= 11 is 5.55. The Hall–Kier alpha value is -1.57. The number of phenolic OH excluding ortho intramolecular Hbond substituents is 1. The second-order valence-electron chi connectivity index (χ2n) is 7.89. The first-order valence-electron chi connectivity index (χ1n) is 10.6. The van der Waals surface area contributed by atoms with Crippen LogP contribution in [0.2, 0.25) is 0 Å². The molecule has 3 aromatic rings. The normalized spacial score (nSPS) is 15.5. The van der Waals surface area contributed by atoms with Crippen molar-refractivity contribution in [3.8, 4) is 16.2 Å². The Morgan fingerprint density at radius 3 is 2.33 bits per heavy atom. The van der Waals surface area contributed by atoms with Crippen LogP contribution in [0, 0.1) is 3.82 Å². The second kappa shape index (κ2) is 10.2. The van der Waals surface area contributed by atoms with E-state index in [2.05, 4.69) is 53.1 Å². The molecule has 1 aliphatic rings. The third kappa shape index (κ3) is 5.18. The van der Waals surface area contributed by atoms with Crippen molar-refractivity contribution in [2.45, 2.75) is 32.9 Å². The second-order valence-corrected chi connectivity index (χ2v) is 10.7. The number of phenols is 1. The number of hydrogen-bond donors (Lipinski definition) is 1. The van der Waals surface area contributed by atoms with Crippen LogP contribution in [0.15, 0.2) is 48.5 Å². The van der Waals surface area contributed by atoms with Crippen LogP contribution in [-0.4, -0.2) is 41.1 Å². The molecule has 30 heavy (non-hydrogen) atoms. The molecule has 4 rings (SSSR count). The number of piperazine rings is 1. The standard InChI is InChI=1S/C24H28N2OS3/c1-2-6-21-23(29-30-24(21)28)19-9-10-22(27)20(15-19)17-26-13-11-25(12-14-26)16-18-7-4-3-5-8-18/h3-5,7-10,15,27H,2,6,11-14,16-17H2,1H3. The molecule has 158 valence electrons. The van der Waals surface area contributed by atoms with Gasteiger partial charge >= 0.3 is 0 Å². The summed E-state index contributed by atoms with van der Waals surface area (Å²) in [4.78, 5) is 6.24. The van der Waals surface area contributed by atoms with Crippen LogP contribution in [-0.2, 0) is 19.5 Å². The van der Waals surface area contributed by atoms with Gasteiger partial charge in [0.1, 0.15) is 9.57 Å². The average molecular weight is 457 g/mol. The Morgan fingerprint density at radius 2 is 1.63 bits per heavy atom. The molecule has 1 aliphatic heterocycles. The Bertz CT molecular complexity index is 1020. The first-order chi connectivity index (χ1) is 14.6. The number of aromatic hydroxyl groups is 1. The predicted molar refractivity (Wildman–Crippen MR) is 131 cm³/mol. The van der Waals surface area contributed by atoms with Gasteiger partial charge in [-0.2, -0.15) is 0 Å². The van der Waals surface area contributed by atoms with Crippen molar-refractivity contribution in [1.82, 2.24) is 9.80 Å². The highest BCUT2D eigenvalue weighted by Gasteiger charge is 2.19. The summed E-state index contributed by atoms with van der Waals surface area (Å²) in [5.74, 6) is 0.390. The van der Waals surface area contributed by atoms with Gasteiger partial charge in [-0.1, -0.05) is 76.6 Å². The van der Waals surface area contributed by atoms with E-state index in [1.54, 1.807) is 20.7 Å². The number of benzene rings is 2. The molecule has 0 aliphatic carbocycles. The van der Waals surface area contributed by atoms with Crippen molar-refractivity contribution in [2.75, 3.05) is 26.2 Å². The maximum Gasteiger partial charge on any atom is 0.120 e. The van der Waals surface area contributed by atoms with Crippen LogP contribution in [0.4, 0.5) is 0 Å². The fraction of sp³-hybridized carbons (Fsp3) is 0.375. The molecule has 0 amide bonds. The summed E-state index contributed by atoms with van der Waals surface area (Å²) in [6.45, 7) is 8.16. The van der Waals surface area contributed by atoms with Crippen LogP contribution >= 0.6 is 32.9 Å². The summed E-state index contributed by atoms with van der Waals surface area (Å²) in [5.41, 5.74) is 4.87. The van der Waals surface area contributed by atoms with E-state index in [1.165, 1.54) is 21.6 Å². The minimum Gasteiger partial charge on any atom is -0.508 e. The van der Waals surface area contributed by atoms with Crippen molar-refractivity contribution >= 4 is 32.9 Å². The van der Waals surface area contributed by atoms with E-state index in [4.69, 9.17) is 12.2 Å². The minimum atomic E-state index is 0.390. The SMILES string of the molecule is CCCc1c(-c2ccc(O)c(CN3CCN(Cc4ccccc4)CC3)c2)ssc1=S. The zero-order valence-corrected chi connectivity index (χ0v) is 19.8. The molecule has 3 nitrogen and oxygen atoms in total. The topological polar surface area (TPSA) is 26.7 Å². The van der Waals surface area contributed by atoms with Gasteiger partial charge in [0, 0.05) is 44.8 Å². The number of rotatable bonds is 7. The molecule has 1 N–H and O–H groups in total. The maximum absolute atomic E-state index is 10.5. The predicted octanol–water partition coefficient (Wildman–Crippen LogP) is 6.18. The van der Waals surface area contributed by atoms with E-state index in [0.717, 1.165) is 61.5 Å². The van der Waals surface area contributed by atoms with Gasteiger partial charge in [-0.05, 0) is 41.3 Å². The monoisotopic (exact) mass is 456 g/mol. The van der Waals surface area contributed by atoms with Crippen LogP contribution in [0.25, 0.3) is 10.4 Å². The van der Waals surface area contributed by atoms with Gasteiger partial charge in [-0.25, -0.2) is 0 Å². The quantitative estimate of drug-likeness (QED) is 0.339. The largest absolute Gasteiger partial charge is 0.508 e. The maximum atomic E-state index is 10.5. The van der Waals surface area contributed by atoms with Gasteiger partial charge in [0.2, 0.25) is 0 Å². The van der Waals surface area contributed by atoms with E-state index in [1.807, 2.05) is 12.1 Å². The Labute approximate surface area is 191 Å². The molecule has 2 heterocycles. The molecule has 0 atom stereocenters. The fourth-order valence-corrected chi connectivity index (χ4v) is 7.00. The lowest BCUT2D eigenvalue weighted by molar-refractivity contribution is 0.121. The summed E-state index contributed by atoms with van der Waals surface area (Å²) < 4.78 is 1.01. The van der Waals surface area contributed by atoms with Crippen LogP contribution in [0.3, 0.4) is 0 Å². The van der Waals surface area contributed by atoms with Gasteiger partial charge in [0.25, 0.3) is 0 Å². The fourth-order valence-electron chi connectivity index (χ4n) is 4.00. The summed E-state index contributed by atoms with van der Waals surface area (Å²) in [6, 6.07) is 16.7. The molecule has 1 fully saturated rings. The molecule has 6 heteroatoms. The van der Waals surface area contributed by atoms with Crippen LogP contribution in [0.5, 0.6) is 5.75 Å². The summed E-state index contributed by atoms with van der Waals surface area (Å²) in [7, 11) is 3.46. The molecular weight excluding hydrogens is 428 g/mol. The molecule has 2 aromatic carbocycles. The highest BCUT2D eigenvalue weighted by Crippen LogP contribution is 2.37. The van der Waals surface area contributed by atoms with E-state index < -0.39 is 0 Å². The summed E-state index contributed by atoms with van der Waals surface area (Å²) in [5, 5.41) is 10.5. The zero-order chi connectivity index (χ0) is 20.9. The third-order valence-corrected chi connectivity index (χ3v) is 8.86. The number of hydrogen-bond acceptors (Lipinski definition) is 6. The average Bonchev–Trinajstić information content (AvgIpc) is 3.12. The molecular formula is C24H28N2OS3. The van der Waals surface area contributed by atoms with E-state index in [-0.39, 0.29) is 0 Å². The minimum absolute atomic E-state index is 0.390. The highest BCUT2D eigenvalue weighted by atomic mass is 32.9. The van der Waals surface area contributed by atoms with Crippen molar-refractivity contribution in [3.63, 3.8) is 0 Å². The van der Waals surface area contributed by atoms with Crippen molar-refractivity contribution in [1.29, 1.82) is 0 Å². The first-order valence-corrected chi connectivity index (χ1v) is 13.1. The van der Waals surface area contributed by atoms with Crippen LogP contribution in [0.1, 0.15) is 30.0 Å². The lowest BCUT2D eigenvalue weighted by atomic mass is 10.0. The smallest absolute Gasteiger partial charge is 0.120 e. The van der Waals surface area contributed by atoms with Gasteiger partial charge in [-0.3, -0.25) is 9.80 Å². The Balaban J connectivity index is 1.42. The van der Waals surface area contributed by atoms with Crippen molar-refractivity contribution in [2.24, 2.45) is 0 Å². The molecule has 0 bridgehead atoms. The van der Waals surface area contributed by atoms with E-state index in [9.17, 15) is 5.11 Å². The van der Waals surface area contributed by atoms with E-state index in [0.29, 0.717) is 5.75 Å². The molecule has 0 radical (unpaired) electrons. The van der Waals surface area contributed by atoms with Crippen LogP contribution < -0.4 is 0 Å². The molecule has 1 aromatic heterocycles. The molecule has 0 spiro atoms. The molecule has 1 saturated heterocycles. The van der Waals surface area contributed by atoms with Gasteiger partial charge in [0.15, 0.2) is 0 Å². The number of nitrogens with zero attached hydrogens (tertiary/aromatic N) is 2. The van der Waals surface area contributed by atoms with Gasteiger partial charge in [-0.15, -0.1) is 0 Å². The van der Waals surface area contributed by atoms with Crippen molar-refractivity contribution < 1.29 is 5.11 Å². The molecule has 0 unspecified atom stereocenters. The van der Waals surface area contributed by atoms with Crippen molar-refractivity contribution in [3.05, 3.63) is 69.0 Å². The first kappa shape index (κ1) is 21.7. The Morgan fingerprint density at radius 1 is 0.933 bits per heavy atom. The Kier molecular flexibility index (Phi) is 7.33. The highest BCUT2D eigenvalue weighted by molar-refractivity contribution is 7.80. The van der Waals surface area contributed by atoms with Gasteiger partial charge < -0.3 is 5.11 Å². The zero-order valence-electron chi connectivity index (χ0n) is 17.3.